The maximum atomic E-state index is 13.5. The van der Waals surface area contributed by atoms with Gasteiger partial charge in [-0.15, -0.1) is 9.24 Å². The van der Waals surface area contributed by atoms with Crippen LogP contribution in [-0.2, 0) is 0 Å². The molecule has 0 aliphatic carbocycles. The Morgan fingerprint density at radius 3 is 2.50 bits per heavy atom. The van der Waals surface area contributed by atoms with E-state index in [1.807, 2.05) is 6.92 Å². The van der Waals surface area contributed by atoms with E-state index in [0.717, 1.165) is 29.6 Å². The highest BCUT2D eigenvalue weighted by atomic mass is 31.0. The summed E-state index contributed by atoms with van der Waals surface area (Å²) < 4.78 is 13.5. The topological polar surface area (TPSA) is 3.24 Å². The summed E-state index contributed by atoms with van der Waals surface area (Å²) in [6.45, 7) is 3.94. The molecule has 0 N–H and O–H groups in total. The minimum Gasteiger partial charge on any atom is -0.371 e. The second kappa shape index (κ2) is 3.86. The van der Waals surface area contributed by atoms with Crippen molar-refractivity contribution in [1.82, 2.24) is 0 Å². The average Bonchev–Trinajstić information content (AvgIpc) is 2.66. The van der Waals surface area contributed by atoms with Gasteiger partial charge in [-0.05, 0) is 42.8 Å². The summed E-state index contributed by atoms with van der Waals surface area (Å²) in [7, 11) is 2.60. The summed E-state index contributed by atoms with van der Waals surface area (Å²) in [6, 6.07) is 3.70. The molecule has 0 saturated carbocycles. The zero-order chi connectivity index (χ0) is 10.1. The molecular formula is C11H15FNP. The second-order valence-corrected chi connectivity index (χ2v) is 4.46. The van der Waals surface area contributed by atoms with Crippen molar-refractivity contribution in [3.63, 3.8) is 0 Å². The summed E-state index contributed by atoms with van der Waals surface area (Å²) in [5.41, 5.74) is 1.76. The van der Waals surface area contributed by atoms with E-state index >= 15 is 0 Å². The summed E-state index contributed by atoms with van der Waals surface area (Å²) in [6.07, 6.45) is 2.45. The minimum atomic E-state index is -0.0978. The van der Waals surface area contributed by atoms with Crippen molar-refractivity contribution in [2.24, 2.45) is 0 Å². The standard InChI is InChI=1S/C11H15FNP/c1-8-10(12)6-9(7-11(8)14)13-4-2-3-5-13/h6-7H,2-5,14H2,1H3. The molecule has 0 radical (unpaired) electrons. The predicted octanol–water partition coefficient (Wildman–Crippen LogP) is 2.23. The molecule has 1 aliphatic rings. The average molecular weight is 211 g/mol. The van der Waals surface area contributed by atoms with Crippen molar-refractivity contribution in [3.05, 3.63) is 23.5 Å². The van der Waals surface area contributed by atoms with Crippen LogP contribution in [0.1, 0.15) is 18.4 Å². The second-order valence-electron chi connectivity index (χ2n) is 3.84. The molecule has 1 atom stereocenters. The molecule has 1 aromatic rings. The summed E-state index contributed by atoms with van der Waals surface area (Å²) >= 11 is 0. The number of benzene rings is 1. The van der Waals surface area contributed by atoms with Crippen molar-refractivity contribution in [2.75, 3.05) is 18.0 Å². The first kappa shape index (κ1) is 9.92. The zero-order valence-corrected chi connectivity index (χ0v) is 9.54. The van der Waals surface area contributed by atoms with Gasteiger partial charge in [0.15, 0.2) is 0 Å². The normalized spacial score (nSPS) is 16.4. The molecule has 0 spiro atoms. The van der Waals surface area contributed by atoms with E-state index in [1.54, 1.807) is 6.07 Å². The quantitative estimate of drug-likeness (QED) is 0.644. The molecule has 0 aromatic heterocycles. The van der Waals surface area contributed by atoms with E-state index in [9.17, 15) is 4.39 Å². The van der Waals surface area contributed by atoms with Crippen LogP contribution in [0.3, 0.4) is 0 Å². The van der Waals surface area contributed by atoms with Gasteiger partial charge < -0.3 is 4.90 Å². The number of hydrogen-bond donors (Lipinski definition) is 0. The lowest BCUT2D eigenvalue weighted by Crippen LogP contribution is -2.19. The molecular weight excluding hydrogens is 196 g/mol. The van der Waals surface area contributed by atoms with Crippen LogP contribution in [0.5, 0.6) is 0 Å². The lowest BCUT2D eigenvalue weighted by Gasteiger charge is -2.19. The van der Waals surface area contributed by atoms with E-state index in [0.29, 0.717) is 0 Å². The van der Waals surface area contributed by atoms with E-state index in [1.165, 1.54) is 12.8 Å². The van der Waals surface area contributed by atoms with E-state index in [4.69, 9.17) is 0 Å². The molecule has 1 aliphatic heterocycles. The van der Waals surface area contributed by atoms with Gasteiger partial charge in [0, 0.05) is 18.8 Å². The first-order chi connectivity index (χ1) is 6.68. The molecule has 76 valence electrons. The minimum absolute atomic E-state index is 0.0978. The molecule has 0 amide bonds. The lowest BCUT2D eigenvalue weighted by atomic mass is 10.2. The maximum absolute atomic E-state index is 13.5. The van der Waals surface area contributed by atoms with Gasteiger partial charge in [0.05, 0.1) is 0 Å². The molecule has 3 heteroatoms. The van der Waals surface area contributed by atoms with Crippen molar-refractivity contribution >= 4 is 20.2 Å². The Morgan fingerprint density at radius 2 is 1.93 bits per heavy atom. The SMILES string of the molecule is Cc1c(F)cc(N2CCCC2)cc1P. The third-order valence-corrected chi connectivity index (χ3v) is 3.44. The van der Waals surface area contributed by atoms with Gasteiger partial charge in [0.2, 0.25) is 0 Å². The van der Waals surface area contributed by atoms with Crippen molar-refractivity contribution in [3.8, 4) is 0 Å². The predicted molar refractivity (Wildman–Crippen MR) is 61.9 cm³/mol. The molecule has 1 nitrogen and oxygen atoms in total. The van der Waals surface area contributed by atoms with Crippen LogP contribution in [-0.4, -0.2) is 13.1 Å². The van der Waals surface area contributed by atoms with E-state index in [-0.39, 0.29) is 5.82 Å². The van der Waals surface area contributed by atoms with Gasteiger partial charge in [0.1, 0.15) is 5.82 Å². The first-order valence-electron chi connectivity index (χ1n) is 4.99. The fourth-order valence-corrected chi connectivity index (χ4v) is 2.15. The Balaban J connectivity index is 2.34. The van der Waals surface area contributed by atoms with Gasteiger partial charge in [-0.2, -0.15) is 0 Å². The van der Waals surface area contributed by atoms with Gasteiger partial charge in [-0.1, -0.05) is 0 Å². The maximum Gasteiger partial charge on any atom is 0.128 e. The Labute approximate surface area is 86.5 Å². The Kier molecular flexibility index (Phi) is 2.73. The van der Waals surface area contributed by atoms with E-state index < -0.39 is 0 Å². The lowest BCUT2D eigenvalue weighted by molar-refractivity contribution is 0.619. The fourth-order valence-electron chi connectivity index (χ4n) is 1.84. The van der Waals surface area contributed by atoms with Crippen molar-refractivity contribution in [1.29, 1.82) is 0 Å². The summed E-state index contributed by atoms with van der Waals surface area (Å²) in [5, 5.41) is 0.965. The van der Waals surface area contributed by atoms with Crippen LogP contribution in [0.4, 0.5) is 10.1 Å². The fraction of sp³-hybridized carbons (Fsp3) is 0.455. The number of halogens is 1. The highest BCUT2D eigenvalue weighted by Crippen LogP contribution is 2.22. The summed E-state index contributed by atoms with van der Waals surface area (Å²) in [5.74, 6) is -0.0978. The van der Waals surface area contributed by atoms with Gasteiger partial charge >= 0.3 is 0 Å². The Bertz CT molecular complexity index is 322. The smallest absolute Gasteiger partial charge is 0.128 e. The number of hydrogen-bond acceptors (Lipinski definition) is 1. The van der Waals surface area contributed by atoms with Crippen LogP contribution in [0.15, 0.2) is 12.1 Å². The van der Waals surface area contributed by atoms with Crippen LogP contribution >= 0.6 is 9.24 Å². The molecule has 1 fully saturated rings. The molecule has 1 aromatic carbocycles. The van der Waals surface area contributed by atoms with Crippen LogP contribution in [0, 0.1) is 12.7 Å². The van der Waals surface area contributed by atoms with Crippen LogP contribution in [0.2, 0.25) is 0 Å². The van der Waals surface area contributed by atoms with Gasteiger partial charge in [0.25, 0.3) is 0 Å². The third-order valence-electron chi connectivity index (χ3n) is 2.84. The monoisotopic (exact) mass is 211 g/mol. The molecule has 1 heterocycles. The van der Waals surface area contributed by atoms with E-state index in [2.05, 4.69) is 20.2 Å². The van der Waals surface area contributed by atoms with Crippen LogP contribution < -0.4 is 10.2 Å². The molecule has 1 unspecified atom stereocenters. The zero-order valence-electron chi connectivity index (χ0n) is 8.39. The van der Waals surface area contributed by atoms with Crippen molar-refractivity contribution < 1.29 is 4.39 Å². The molecule has 1 saturated heterocycles. The number of nitrogens with zero attached hydrogens (tertiary/aromatic N) is 1. The first-order valence-corrected chi connectivity index (χ1v) is 5.57. The van der Waals surface area contributed by atoms with Crippen molar-refractivity contribution in [2.45, 2.75) is 19.8 Å². The molecule has 0 bridgehead atoms. The number of rotatable bonds is 1. The van der Waals surface area contributed by atoms with Gasteiger partial charge in [-0.25, -0.2) is 4.39 Å². The highest BCUT2D eigenvalue weighted by Gasteiger charge is 2.14. The molecule has 2 rings (SSSR count). The molecule has 14 heavy (non-hydrogen) atoms. The van der Waals surface area contributed by atoms with Gasteiger partial charge in [-0.3, -0.25) is 0 Å². The van der Waals surface area contributed by atoms with Crippen LogP contribution in [0.25, 0.3) is 0 Å². The third kappa shape index (κ3) is 1.76. The number of anilines is 1. The highest BCUT2D eigenvalue weighted by molar-refractivity contribution is 7.27. The Hall–Kier alpha value is -0.620. The summed E-state index contributed by atoms with van der Waals surface area (Å²) in [4.78, 5) is 2.25. The Morgan fingerprint density at radius 1 is 1.29 bits per heavy atom. The largest absolute Gasteiger partial charge is 0.371 e.